The summed E-state index contributed by atoms with van der Waals surface area (Å²) in [7, 11) is 0. The second-order valence-corrected chi connectivity index (χ2v) is 5.62. The van der Waals surface area contributed by atoms with E-state index in [0.29, 0.717) is 10.0 Å². The minimum Gasteiger partial charge on any atom is -0.443 e. The van der Waals surface area contributed by atoms with Crippen LogP contribution in [-0.4, -0.2) is 11.7 Å². The Hall–Kier alpha value is -1.24. The van der Waals surface area contributed by atoms with Crippen LogP contribution in [0, 0.1) is 0 Å². The van der Waals surface area contributed by atoms with Crippen LogP contribution in [0.4, 0.5) is 18.0 Å². The van der Waals surface area contributed by atoms with E-state index < -0.39 is 23.4 Å². The second kappa shape index (κ2) is 5.40. The number of primary amides is 1. The van der Waals surface area contributed by atoms with Crippen LogP contribution in [0.25, 0.3) is 0 Å². The van der Waals surface area contributed by atoms with Crippen molar-refractivity contribution in [1.82, 2.24) is 0 Å². The molecule has 0 unspecified atom stereocenters. The molecule has 106 valence electrons. The van der Waals surface area contributed by atoms with E-state index >= 15 is 0 Å². The topological polar surface area (TPSA) is 52.3 Å². The SMILES string of the molecule is CC(C)(Cc1cc(Br)cc(C(F)(F)F)c1)OC(N)=O. The summed E-state index contributed by atoms with van der Waals surface area (Å²) < 4.78 is 43.2. The third kappa shape index (κ3) is 5.10. The van der Waals surface area contributed by atoms with E-state index in [-0.39, 0.29) is 6.42 Å². The Morgan fingerprint density at radius 2 is 1.89 bits per heavy atom. The molecule has 0 aromatic heterocycles. The highest BCUT2D eigenvalue weighted by molar-refractivity contribution is 9.10. The Kier molecular flexibility index (Phi) is 4.50. The molecular formula is C12H13BrF3NO2. The smallest absolute Gasteiger partial charge is 0.416 e. The van der Waals surface area contributed by atoms with Gasteiger partial charge in [-0.25, -0.2) is 4.79 Å². The van der Waals surface area contributed by atoms with Gasteiger partial charge in [-0.3, -0.25) is 0 Å². The number of nitrogens with two attached hydrogens (primary N) is 1. The predicted molar refractivity (Wildman–Crippen MR) is 67.6 cm³/mol. The van der Waals surface area contributed by atoms with Crippen molar-refractivity contribution in [3.05, 3.63) is 33.8 Å². The Labute approximate surface area is 117 Å². The molecule has 0 heterocycles. The maximum Gasteiger partial charge on any atom is 0.416 e. The highest BCUT2D eigenvalue weighted by Crippen LogP contribution is 2.33. The van der Waals surface area contributed by atoms with E-state index in [9.17, 15) is 18.0 Å². The molecule has 3 nitrogen and oxygen atoms in total. The van der Waals surface area contributed by atoms with Crippen molar-refractivity contribution < 1.29 is 22.7 Å². The van der Waals surface area contributed by atoms with Gasteiger partial charge in [0.05, 0.1) is 5.56 Å². The lowest BCUT2D eigenvalue weighted by Gasteiger charge is -2.24. The zero-order chi connectivity index (χ0) is 14.8. The summed E-state index contributed by atoms with van der Waals surface area (Å²) in [6, 6.07) is 3.56. The van der Waals surface area contributed by atoms with Crippen molar-refractivity contribution in [3.8, 4) is 0 Å². The van der Waals surface area contributed by atoms with Crippen LogP contribution < -0.4 is 5.73 Å². The molecule has 1 rings (SSSR count). The maximum absolute atomic E-state index is 12.7. The molecule has 0 radical (unpaired) electrons. The molecule has 7 heteroatoms. The van der Waals surface area contributed by atoms with Gasteiger partial charge in [0.1, 0.15) is 5.60 Å². The number of hydrogen-bond acceptors (Lipinski definition) is 2. The fourth-order valence-corrected chi connectivity index (χ4v) is 2.26. The Balaban J connectivity index is 3.02. The largest absolute Gasteiger partial charge is 0.443 e. The standard InChI is InChI=1S/C12H13BrF3NO2/c1-11(2,19-10(17)18)6-7-3-8(12(14,15)16)5-9(13)4-7/h3-5H,6H2,1-2H3,(H2,17,18). The third-order valence-corrected chi connectivity index (χ3v) is 2.75. The highest BCUT2D eigenvalue weighted by Gasteiger charge is 2.32. The molecule has 0 aliphatic heterocycles. The number of rotatable bonds is 3. The molecule has 0 spiro atoms. The van der Waals surface area contributed by atoms with Crippen LogP contribution in [-0.2, 0) is 17.3 Å². The molecule has 0 bridgehead atoms. The van der Waals surface area contributed by atoms with Crippen LogP contribution >= 0.6 is 15.9 Å². The van der Waals surface area contributed by atoms with Gasteiger partial charge >= 0.3 is 12.3 Å². The number of halogens is 4. The van der Waals surface area contributed by atoms with E-state index in [1.165, 1.54) is 0 Å². The van der Waals surface area contributed by atoms with Crippen molar-refractivity contribution in [1.29, 1.82) is 0 Å². The Morgan fingerprint density at radius 1 is 1.32 bits per heavy atom. The second-order valence-electron chi connectivity index (χ2n) is 4.70. The molecule has 1 aromatic rings. The van der Waals surface area contributed by atoms with Crippen LogP contribution in [0.3, 0.4) is 0 Å². The lowest BCUT2D eigenvalue weighted by molar-refractivity contribution is -0.137. The molecule has 0 aliphatic carbocycles. The summed E-state index contributed by atoms with van der Waals surface area (Å²) in [5, 5.41) is 0. The number of hydrogen-bond donors (Lipinski definition) is 1. The number of ether oxygens (including phenoxy) is 1. The van der Waals surface area contributed by atoms with Crippen LogP contribution in [0.2, 0.25) is 0 Å². The zero-order valence-corrected chi connectivity index (χ0v) is 11.9. The van der Waals surface area contributed by atoms with Gasteiger partial charge in [-0.2, -0.15) is 13.2 Å². The van der Waals surface area contributed by atoms with E-state index in [4.69, 9.17) is 10.5 Å². The van der Waals surface area contributed by atoms with Crippen molar-refractivity contribution in [2.24, 2.45) is 5.73 Å². The maximum atomic E-state index is 12.7. The van der Waals surface area contributed by atoms with E-state index in [1.54, 1.807) is 19.9 Å². The first-order chi connectivity index (χ1) is 8.49. The number of alkyl halides is 3. The minimum atomic E-state index is -4.42. The molecular weight excluding hydrogens is 327 g/mol. The average Bonchev–Trinajstić information content (AvgIpc) is 2.11. The van der Waals surface area contributed by atoms with Gasteiger partial charge in [0.2, 0.25) is 0 Å². The Morgan fingerprint density at radius 3 is 2.37 bits per heavy atom. The highest BCUT2D eigenvalue weighted by atomic mass is 79.9. The Bertz CT molecular complexity index is 486. The van der Waals surface area contributed by atoms with Gasteiger partial charge in [-0.1, -0.05) is 15.9 Å². The van der Waals surface area contributed by atoms with E-state index in [2.05, 4.69) is 15.9 Å². The van der Waals surface area contributed by atoms with Crippen molar-refractivity contribution in [2.45, 2.75) is 32.0 Å². The van der Waals surface area contributed by atoms with Gasteiger partial charge in [0.25, 0.3) is 0 Å². The number of carbonyl (C=O) groups excluding carboxylic acids is 1. The lowest BCUT2D eigenvalue weighted by atomic mass is 9.97. The van der Waals surface area contributed by atoms with Gasteiger partial charge in [0.15, 0.2) is 0 Å². The molecule has 0 fully saturated rings. The van der Waals surface area contributed by atoms with Crippen LogP contribution in [0.1, 0.15) is 25.0 Å². The molecule has 0 saturated heterocycles. The zero-order valence-electron chi connectivity index (χ0n) is 10.3. The lowest BCUT2D eigenvalue weighted by Crippen LogP contribution is -2.33. The van der Waals surface area contributed by atoms with E-state index in [1.807, 2.05) is 0 Å². The van der Waals surface area contributed by atoms with Crippen LogP contribution in [0.5, 0.6) is 0 Å². The molecule has 1 aromatic carbocycles. The minimum absolute atomic E-state index is 0.123. The first kappa shape index (κ1) is 15.8. The average molecular weight is 340 g/mol. The van der Waals surface area contributed by atoms with E-state index in [0.717, 1.165) is 12.1 Å². The third-order valence-electron chi connectivity index (χ3n) is 2.29. The fourth-order valence-electron chi connectivity index (χ4n) is 1.72. The molecule has 0 atom stereocenters. The monoisotopic (exact) mass is 339 g/mol. The molecule has 0 saturated carbocycles. The van der Waals surface area contributed by atoms with Crippen molar-refractivity contribution in [3.63, 3.8) is 0 Å². The quantitative estimate of drug-likeness (QED) is 0.908. The summed E-state index contributed by atoms with van der Waals surface area (Å²) in [5.74, 6) is 0. The summed E-state index contributed by atoms with van der Waals surface area (Å²) in [6.07, 6.45) is -5.26. The summed E-state index contributed by atoms with van der Waals surface area (Å²) in [6.45, 7) is 3.15. The van der Waals surface area contributed by atoms with Gasteiger partial charge in [0, 0.05) is 10.9 Å². The van der Waals surface area contributed by atoms with Gasteiger partial charge in [-0.15, -0.1) is 0 Å². The molecule has 1 amide bonds. The fraction of sp³-hybridized carbons (Fsp3) is 0.417. The summed E-state index contributed by atoms with van der Waals surface area (Å²) in [4.78, 5) is 10.7. The van der Waals surface area contributed by atoms with Crippen molar-refractivity contribution in [2.75, 3.05) is 0 Å². The first-order valence-electron chi connectivity index (χ1n) is 5.35. The summed E-state index contributed by atoms with van der Waals surface area (Å²) in [5.41, 5.74) is 3.57. The molecule has 2 N–H and O–H groups in total. The van der Waals surface area contributed by atoms with Crippen molar-refractivity contribution >= 4 is 22.0 Å². The van der Waals surface area contributed by atoms with Crippen LogP contribution in [0.15, 0.2) is 22.7 Å². The number of benzene rings is 1. The van der Waals surface area contributed by atoms with Gasteiger partial charge < -0.3 is 10.5 Å². The summed E-state index contributed by atoms with van der Waals surface area (Å²) >= 11 is 3.03. The molecule has 19 heavy (non-hydrogen) atoms. The van der Waals surface area contributed by atoms with Gasteiger partial charge in [-0.05, 0) is 37.6 Å². The number of amides is 1. The first-order valence-corrected chi connectivity index (χ1v) is 6.14. The predicted octanol–water partition coefficient (Wildman–Crippen LogP) is 3.88. The molecule has 0 aliphatic rings. The number of carbonyl (C=O) groups is 1. The normalized spacial score (nSPS) is 12.3.